The smallest absolute Gasteiger partial charge is 0.306 e. The van der Waals surface area contributed by atoms with E-state index < -0.39 is 6.10 Å². The van der Waals surface area contributed by atoms with Crippen molar-refractivity contribution in [1.82, 2.24) is 19.8 Å². The summed E-state index contributed by atoms with van der Waals surface area (Å²) in [7, 11) is 0. The second-order valence-electron chi connectivity index (χ2n) is 10.2. The molecule has 206 valence electrons. The first-order valence-electron chi connectivity index (χ1n) is 13.7. The highest BCUT2D eigenvalue weighted by atomic mass is 32.1. The van der Waals surface area contributed by atoms with Crippen LogP contribution in [-0.4, -0.2) is 102 Å². The maximum absolute atomic E-state index is 12.6. The molecule has 39 heavy (non-hydrogen) atoms. The van der Waals surface area contributed by atoms with E-state index in [1.165, 1.54) is 4.88 Å². The number of cyclic esters (lactones) is 1. The minimum atomic E-state index is -0.587. The maximum Gasteiger partial charge on any atom is 0.306 e. The molecule has 0 aliphatic carbocycles. The van der Waals surface area contributed by atoms with Gasteiger partial charge in [-0.3, -0.25) is 14.5 Å². The van der Waals surface area contributed by atoms with Crippen LogP contribution < -0.4 is 4.90 Å². The molecule has 3 aliphatic rings. The number of amides is 1. The number of nitrogens with zero attached hydrogens (tertiary/aromatic N) is 5. The Bertz CT molecular complexity index is 1350. The number of rotatable bonds is 7. The Morgan fingerprint density at radius 2 is 1.90 bits per heavy atom. The molecule has 1 aromatic carbocycles. The number of piperazine rings is 1. The van der Waals surface area contributed by atoms with Crippen molar-refractivity contribution in [3.05, 3.63) is 35.2 Å². The fourth-order valence-electron chi connectivity index (χ4n) is 5.42. The molecule has 0 saturated carbocycles. The van der Waals surface area contributed by atoms with Crippen LogP contribution in [0.15, 0.2) is 30.3 Å². The number of phenolic OH excluding ortho intramolecular Hbond substituents is 1. The van der Waals surface area contributed by atoms with Crippen LogP contribution in [0.1, 0.15) is 24.1 Å². The minimum absolute atomic E-state index is 0.0481. The molecule has 3 saturated heterocycles. The van der Waals surface area contributed by atoms with Crippen LogP contribution in [0.4, 0.5) is 5.82 Å². The van der Waals surface area contributed by atoms with Gasteiger partial charge >= 0.3 is 5.97 Å². The second-order valence-corrected chi connectivity index (χ2v) is 11.4. The predicted molar refractivity (Wildman–Crippen MR) is 148 cm³/mol. The van der Waals surface area contributed by atoms with E-state index >= 15 is 0 Å². The molecule has 0 unspecified atom stereocenters. The molecule has 0 bridgehead atoms. The quantitative estimate of drug-likeness (QED) is 0.444. The van der Waals surface area contributed by atoms with Gasteiger partial charge in [0.1, 0.15) is 5.75 Å². The lowest BCUT2D eigenvalue weighted by Gasteiger charge is -2.35. The van der Waals surface area contributed by atoms with Gasteiger partial charge in [0, 0.05) is 62.6 Å². The van der Waals surface area contributed by atoms with E-state index in [0.29, 0.717) is 45.0 Å². The Hall–Kier alpha value is -3.28. The monoisotopic (exact) mass is 551 g/mol. The Morgan fingerprint density at radius 3 is 2.64 bits per heavy atom. The highest BCUT2D eigenvalue weighted by Gasteiger charge is 2.34. The Balaban J connectivity index is 1.10. The van der Waals surface area contributed by atoms with Crippen molar-refractivity contribution in [3.8, 4) is 17.1 Å². The average molecular weight is 552 g/mol. The van der Waals surface area contributed by atoms with Crippen molar-refractivity contribution < 1.29 is 24.2 Å². The van der Waals surface area contributed by atoms with Crippen molar-refractivity contribution in [2.45, 2.75) is 31.8 Å². The summed E-state index contributed by atoms with van der Waals surface area (Å²) in [6, 6.07) is 9.26. The van der Waals surface area contributed by atoms with Gasteiger partial charge in [0.25, 0.3) is 5.91 Å². The SMILES string of the molecule is O=C1CC[C@H](C(=O)N2CCN(CCCc3cc4nc(-c5cccc(O)c5)nc(N5CCOCC5)c4s3)CC2)O1. The molecule has 3 fully saturated rings. The number of hydrogen-bond donors (Lipinski definition) is 1. The largest absolute Gasteiger partial charge is 0.508 e. The topological polar surface area (TPSA) is 108 Å². The van der Waals surface area contributed by atoms with Crippen LogP contribution in [0.3, 0.4) is 0 Å². The molecular formula is C28H33N5O5S. The molecule has 1 atom stereocenters. The first-order chi connectivity index (χ1) is 19.0. The number of anilines is 1. The molecule has 1 N–H and O–H groups in total. The van der Waals surface area contributed by atoms with E-state index in [-0.39, 0.29) is 17.6 Å². The lowest BCUT2D eigenvalue weighted by Crippen LogP contribution is -2.51. The Kier molecular flexibility index (Phi) is 7.62. The number of benzene rings is 1. The fraction of sp³-hybridized carbons (Fsp3) is 0.500. The van der Waals surface area contributed by atoms with Gasteiger partial charge in [0.05, 0.1) is 23.4 Å². The summed E-state index contributed by atoms with van der Waals surface area (Å²) >= 11 is 1.76. The van der Waals surface area contributed by atoms with Gasteiger partial charge < -0.3 is 24.4 Å². The number of morpholine rings is 1. The third-order valence-electron chi connectivity index (χ3n) is 7.56. The number of aryl methyl sites for hydroxylation is 1. The fourth-order valence-corrected chi connectivity index (χ4v) is 6.58. The van der Waals surface area contributed by atoms with E-state index in [9.17, 15) is 14.7 Å². The molecule has 5 heterocycles. The maximum atomic E-state index is 12.6. The standard InChI is InChI=1S/C28H33N5O5S/c34-20-4-1-3-19(17-20)26-29-22-18-21(39-25(22)27(30-26)32-13-15-37-16-14-32)5-2-8-31-9-11-33(12-10-31)28(36)23-6-7-24(35)38-23/h1,3-4,17-18,23,34H,2,5-16H2/t23-/m1/s1. The van der Waals surface area contributed by atoms with Crippen molar-refractivity contribution in [1.29, 1.82) is 0 Å². The van der Waals surface area contributed by atoms with Crippen LogP contribution >= 0.6 is 11.3 Å². The normalized spacial score (nSPS) is 20.5. The van der Waals surface area contributed by atoms with Crippen molar-refractivity contribution in [3.63, 3.8) is 0 Å². The highest BCUT2D eigenvalue weighted by Crippen LogP contribution is 2.35. The van der Waals surface area contributed by atoms with E-state index in [0.717, 1.165) is 67.2 Å². The molecule has 0 radical (unpaired) electrons. The zero-order valence-electron chi connectivity index (χ0n) is 21.9. The lowest BCUT2D eigenvalue weighted by atomic mass is 10.2. The lowest BCUT2D eigenvalue weighted by molar-refractivity contribution is -0.153. The summed E-state index contributed by atoms with van der Waals surface area (Å²) in [5.74, 6) is 1.43. The highest BCUT2D eigenvalue weighted by molar-refractivity contribution is 7.19. The summed E-state index contributed by atoms with van der Waals surface area (Å²) in [6.07, 6.45) is 2.21. The van der Waals surface area contributed by atoms with Gasteiger partial charge in [-0.05, 0) is 37.6 Å². The molecule has 1 amide bonds. The third-order valence-corrected chi connectivity index (χ3v) is 8.74. The Morgan fingerprint density at radius 1 is 1.08 bits per heavy atom. The summed E-state index contributed by atoms with van der Waals surface area (Å²) in [5, 5.41) is 9.99. The summed E-state index contributed by atoms with van der Waals surface area (Å²) < 4.78 is 11.8. The summed E-state index contributed by atoms with van der Waals surface area (Å²) in [4.78, 5) is 41.6. The number of aromatic hydroxyl groups is 1. The summed E-state index contributed by atoms with van der Waals surface area (Å²) in [6.45, 7) is 6.90. The van der Waals surface area contributed by atoms with E-state index in [2.05, 4.69) is 15.9 Å². The van der Waals surface area contributed by atoms with Crippen LogP contribution in [-0.2, 0) is 25.5 Å². The van der Waals surface area contributed by atoms with Gasteiger partial charge in [-0.25, -0.2) is 9.97 Å². The molecule has 3 aromatic rings. The zero-order chi connectivity index (χ0) is 26.8. The molecule has 6 rings (SSSR count). The number of aromatic nitrogens is 2. The van der Waals surface area contributed by atoms with Gasteiger partial charge in [0.15, 0.2) is 17.7 Å². The van der Waals surface area contributed by atoms with Gasteiger partial charge in [0.2, 0.25) is 0 Å². The van der Waals surface area contributed by atoms with Crippen molar-refractivity contribution >= 4 is 39.2 Å². The van der Waals surface area contributed by atoms with Crippen LogP contribution in [0.2, 0.25) is 0 Å². The van der Waals surface area contributed by atoms with Crippen LogP contribution in [0.25, 0.3) is 21.6 Å². The average Bonchev–Trinajstić information content (AvgIpc) is 3.59. The Labute approximate surface area is 231 Å². The molecule has 11 heteroatoms. The molecule has 3 aliphatic heterocycles. The number of hydrogen-bond acceptors (Lipinski definition) is 10. The van der Waals surface area contributed by atoms with E-state index in [1.54, 1.807) is 23.5 Å². The van der Waals surface area contributed by atoms with E-state index in [4.69, 9.17) is 19.4 Å². The number of esters is 1. The molecule has 2 aromatic heterocycles. The van der Waals surface area contributed by atoms with Crippen LogP contribution in [0.5, 0.6) is 5.75 Å². The van der Waals surface area contributed by atoms with Gasteiger partial charge in [-0.1, -0.05) is 12.1 Å². The minimum Gasteiger partial charge on any atom is -0.508 e. The number of carbonyl (C=O) groups is 2. The zero-order valence-corrected chi connectivity index (χ0v) is 22.7. The van der Waals surface area contributed by atoms with Gasteiger partial charge in [-0.2, -0.15) is 0 Å². The number of ether oxygens (including phenoxy) is 2. The first kappa shape index (κ1) is 26.0. The molecule has 10 nitrogen and oxygen atoms in total. The predicted octanol–water partition coefficient (Wildman–Crippen LogP) is 2.68. The number of fused-ring (bicyclic) bond motifs is 1. The third kappa shape index (κ3) is 5.85. The second kappa shape index (κ2) is 11.4. The first-order valence-corrected chi connectivity index (χ1v) is 14.5. The van der Waals surface area contributed by atoms with Gasteiger partial charge in [-0.15, -0.1) is 11.3 Å². The molecular weight excluding hydrogens is 518 g/mol. The van der Waals surface area contributed by atoms with Crippen molar-refractivity contribution in [2.24, 2.45) is 0 Å². The van der Waals surface area contributed by atoms with Crippen molar-refractivity contribution in [2.75, 3.05) is 63.9 Å². The van der Waals surface area contributed by atoms with Crippen LogP contribution in [0, 0.1) is 0 Å². The van der Waals surface area contributed by atoms with E-state index in [1.807, 2.05) is 17.0 Å². The number of thiophene rings is 1. The summed E-state index contributed by atoms with van der Waals surface area (Å²) in [5.41, 5.74) is 1.73. The number of phenols is 1. The number of carbonyl (C=O) groups excluding carboxylic acids is 2. The molecule has 0 spiro atoms.